The van der Waals surface area contributed by atoms with Crippen molar-refractivity contribution >= 4 is 0 Å². The van der Waals surface area contributed by atoms with Crippen LogP contribution in [0.4, 0.5) is 0 Å². The summed E-state index contributed by atoms with van der Waals surface area (Å²) < 4.78 is 0. The Morgan fingerprint density at radius 1 is 1.26 bits per heavy atom. The summed E-state index contributed by atoms with van der Waals surface area (Å²) in [6.45, 7) is 4.88. The largest absolute Gasteiger partial charge is 0.306 e. The first-order valence-electron chi connectivity index (χ1n) is 6.35. The van der Waals surface area contributed by atoms with Gasteiger partial charge < -0.3 is 5.32 Å². The molecule has 19 heavy (non-hydrogen) atoms. The number of aryl methyl sites for hydroxylation is 1. The van der Waals surface area contributed by atoms with Crippen LogP contribution in [-0.4, -0.2) is 4.98 Å². The summed E-state index contributed by atoms with van der Waals surface area (Å²) >= 11 is 0. The fraction of sp³-hybridized carbons (Fsp3) is 0.250. The van der Waals surface area contributed by atoms with Gasteiger partial charge in [-0.05, 0) is 31.0 Å². The summed E-state index contributed by atoms with van der Waals surface area (Å²) in [4.78, 5) is 4.06. The predicted molar refractivity (Wildman–Crippen MR) is 75.4 cm³/mol. The van der Waals surface area contributed by atoms with E-state index in [1.807, 2.05) is 24.3 Å². The molecule has 0 spiro atoms. The van der Waals surface area contributed by atoms with E-state index in [0.717, 1.165) is 5.56 Å². The van der Waals surface area contributed by atoms with Crippen LogP contribution in [0.3, 0.4) is 0 Å². The molecule has 96 valence electrons. The minimum absolute atomic E-state index is 0.243. The summed E-state index contributed by atoms with van der Waals surface area (Å²) in [7, 11) is 0. The summed E-state index contributed by atoms with van der Waals surface area (Å²) in [5.41, 5.74) is 3.98. The summed E-state index contributed by atoms with van der Waals surface area (Å²) in [6, 6.07) is 14.5. The van der Waals surface area contributed by atoms with Gasteiger partial charge in [0.1, 0.15) is 11.8 Å². The van der Waals surface area contributed by atoms with Crippen molar-refractivity contribution in [2.75, 3.05) is 0 Å². The Bertz CT molecular complexity index is 599. The second-order valence-electron chi connectivity index (χ2n) is 4.58. The third-order valence-electron chi connectivity index (χ3n) is 3.25. The Morgan fingerprint density at radius 2 is 2.05 bits per heavy atom. The molecule has 2 rings (SSSR count). The maximum atomic E-state index is 9.00. The van der Waals surface area contributed by atoms with Crippen LogP contribution in [0.15, 0.2) is 42.6 Å². The number of nitriles is 1. The van der Waals surface area contributed by atoms with Gasteiger partial charge in [-0.15, -0.1) is 0 Å². The molecule has 1 aromatic heterocycles. The minimum Gasteiger partial charge on any atom is -0.306 e. The first kappa shape index (κ1) is 13.3. The van der Waals surface area contributed by atoms with Gasteiger partial charge in [0, 0.05) is 24.3 Å². The van der Waals surface area contributed by atoms with Crippen molar-refractivity contribution < 1.29 is 0 Å². The van der Waals surface area contributed by atoms with Crippen LogP contribution < -0.4 is 5.32 Å². The van der Waals surface area contributed by atoms with E-state index in [2.05, 4.69) is 42.4 Å². The lowest BCUT2D eigenvalue weighted by Crippen LogP contribution is -2.19. The molecular formula is C16H17N3. The highest BCUT2D eigenvalue weighted by atomic mass is 14.9. The molecule has 3 heteroatoms. The Kier molecular flexibility index (Phi) is 4.27. The van der Waals surface area contributed by atoms with Gasteiger partial charge in [0.15, 0.2) is 0 Å². The van der Waals surface area contributed by atoms with E-state index in [-0.39, 0.29) is 6.04 Å². The first-order valence-corrected chi connectivity index (χ1v) is 6.35. The van der Waals surface area contributed by atoms with Crippen LogP contribution >= 0.6 is 0 Å². The van der Waals surface area contributed by atoms with Gasteiger partial charge >= 0.3 is 0 Å². The fourth-order valence-corrected chi connectivity index (χ4v) is 2.13. The van der Waals surface area contributed by atoms with Crippen molar-refractivity contribution in [3.05, 3.63) is 65.0 Å². The Morgan fingerprint density at radius 3 is 2.79 bits per heavy atom. The number of benzene rings is 1. The number of hydrogen-bond donors (Lipinski definition) is 1. The first-order chi connectivity index (χ1) is 9.22. The van der Waals surface area contributed by atoms with E-state index in [1.165, 1.54) is 11.1 Å². The quantitative estimate of drug-likeness (QED) is 0.908. The van der Waals surface area contributed by atoms with Gasteiger partial charge in [0.25, 0.3) is 0 Å². The van der Waals surface area contributed by atoms with Crippen LogP contribution in [0.2, 0.25) is 0 Å². The molecule has 0 saturated heterocycles. The van der Waals surface area contributed by atoms with Gasteiger partial charge in [0.05, 0.1) is 0 Å². The zero-order valence-corrected chi connectivity index (χ0v) is 11.2. The summed E-state index contributed by atoms with van der Waals surface area (Å²) in [6.07, 6.45) is 1.65. The molecular weight excluding hydrogens is 234 g/mol. The zero-order valence-electron chi connectivity index (χ0n) is 11.2. The lowest BCUT2D eigenvalue weighted by molar-refractivity contribution is 0.571. The maximum Gasteiger partial charge on any atom is 0.144 e. The molecule has 0 aliphatic carbocycles. The Balaban J connectivity index is 2.07. The summed E-state index contributed by atoms with van der Waals surface area (Å²) in [5, 5.41) is 12.4. The molecule has 0 aliphatic rings. The smallest absolute Gasteiger partial charge is 0.144 e. The number of nitrogens with zero attached hydrogens (tertiary/aromatic N) is 2. The van der Waals surface area contributed by atoms with E-state index in [0.29, 0.717) is 12.2 Å². The Hall–Kier alpha value is -2.18. The van der Waals surface area contributed by atoms with Gasteiger partial charge in [0.2, 0.25) is 0 Å². The van der Waals surface area contributed by atoms with Crippen LogP contribution in [0, 0.1) is 18.3 Å². The number of pyridine rings is 1. The van der Waals surface area contributed by atoms with E-state index < -0.39 is 0 Å². The molecule has 0 radical (unpaired) electrons. The van der Waals surface area contributed by atoms with Gasteiger partial charge in [-0.3, -0.25) is 0 Å². The van der Waals surface area contributed by atoms with Crippen LogP contribution in [0.1, 0.15) is 35.3 Å². The van der Waals surface area contributed by atoms with E-state index in [4.69, 9.17) is 5.26 Å². The average molecular weight is 251 g/mol. The van der Waals surface area contributed by atoms with Crippen LogP contribution in [-0.2, 0) is 6.54 Å². The molecule has 0 saturated carbocycles. The lowest BCUT2D eigenvalue weighted by Gasteiger charge is -2.16. The molecule has 3 nitrogen and oxygen atoms in total. The standard InChI is InChI=1S/C16H17N3/c1-12-6-3-4-8-15(12)13(2)19-11-14-7-5-9-18-16(14)10-17/h3-9,13,19H,11H2,1-2H3/t13-/m0/s1. The second-order valence-corrected chi connectivity index (χ2v) is 4.58. The third-order valence-corrected chi connectivity index (χ3v) is 3.25. The summed E-state index contributed by atoms with van der Waals surface area (Å²) in [5.74, 6) is 0. The fourth-order valence-electron chi connectivity index (χ4n) is 2.13. The topological polar surface area (TPSA) is 48.7 Å². The molecule has 0 aliphatic heterocycles. The third kappa shape index (κ3) is 3.18. The molecule has 1 N–H and O–H groups in total. The lowest BCUT2D eigenvalue weighted by atomic mass is 10.0. The van der Waals surface area contributed by atoms with Gasteiger partial charge in [-0.2, -0.15) is 5.26 Å². The predicted octanol–water partition coefficient (Wildman–Crippen LogP) is 3.11. The molecule has 0 fully saturated rings. The molecule has 0 bridgehead atoms. The highest BCUT2D eigenvalue weighted by Gasteiger charge is 2.08. The van der Waals surface area contributed by atoms with Crippen molar-refractivity contribution in [1.29, 1.82) is 5.26 Å². The van der Waals surface area contributed by atoms with E-state index >= 15 is 0 Å². The monoisotopic (exact) mass is 251 g/mol. The molecule has 1 heterocycles. The maximum absolute atomic E-state index is 9.00. The average Bonchev–Trinajstić information content (AvgIpc) is 2.45. The van der Waals surface area contributed by atoms with Crippen LogP contribution in [0.5, 0.6) is 0 Å². The van der Waals surface area contributed by atoms with E-state index in [9.17, 15) is 0 Å². The number of hydrogen-bond acceptors (Lipinski definition) is 3. The molecule has 0 amide bonds. The second kappa shape index (κ2) is 6.12. The zero-order chi connectivity index (χ0) is 13.7. The van der Waals surface area contributed by atoms with Crippen molar-refractivity contribution in [1.82, 2.24) is 10.3 Å². The van der Waals surface area contributed by atoms with Crippen molar-refractivity contribution in [3.8, 4) is 6.07 Å². The normalized spacial score (nSPS) is 11.8. The Labute approximate surface area is 113 Å². The van der Waals surface area contributed by atoms with E-state index in [1.54, 1.807) is 6.20 Å². The molecule has 1 atom stereocenters. The van der Waals surface area contributed by atoms with Crippen LogP contribution in [0.25, 0.3) is 0 Å². The minimum atomic E-state index is 0.243. The van der Waals surface area contributed by atoms with Crippen molar-refractivity contribution in [2.45, 2.75) is 26.4 Å². The highest BCUT2D eigenvalue weighted by molar-refractivity contribution is 5.31. The SMILES string of the molecule is Cc1ccccc1[C@H](C)NCc1cccnc1C#N. The van der Waals surface area contributed by atoms with Crippen molar-refractivity contribution in [3.63, 3.8) is 0 Å². The number of aromatic nitrogens is 1. The number of rotatable bonds is 4. The van der Waals surface area contributed by atoms with Gasteiger partial charge in [-0.25, -0.2) is 4.98 Å². The molecule has 2 aromatic rings. The van der Waals surface area contributed by atoms with Crippen molar-refractivity contribution in [2.24, 2.45) is 0 Å². The number of nitrogens with one attached hydrogen (secondary N) is 1. The molecule has 1 aromatic carbocycles. The van der Waals surface area contributed by atoms with Gasteiger partial charge in [-0.1, -0.05) is 30.3 Å². The highest BCUT2D eigenvalue weighted by Crippen LogP contribution is 2.17. The molecule has 0 unspecified atom stereocenters.